The molecular formula is C18H22SSi. The summed E-state index contributed by atoms with van der Waals surface area (Å²) in [4.78, 5) is 1.36. The largest absolute Gasteiger partial charge is 0.126 e. The van der Waals surface area contributed by atoms with Gasteiger partial charge in [0.1, 0.15) is 0 Å². The Morgan fingerprint density at radius 2 is 1.85 bits per heavy atom. The first-order valence-electron chi connectivity index (χ1n) is 7.13. The maximum Gasteiger partial charge on any atom is 0.0450 e. The van der Waals surface area contributed by atoms with Crippen molar-refractivity contribution in [2.75, 3.05) is 5.75 Å². The van der Waals surface area contributed by atoms with Gasteiger partial charge in [-0.1, -0.05) is 49.7 Å². The first-order valence-corrected chi connectivity index (χ1v) is 11.8. The molecule has 0 amide bonds. The summed E-state index contributed by atoms with van der Waals surface area (Å²) in [6.45, 7) is 7.29. The monoisotopic (exact) mass is 298 g/mol. The molecule has 0 heterocycles. The summed E-state index contributed by atoms with van der Waals surface area (Å²) in [5.74, 6) is 7.70. The number of rotatable bonds is 4. The van der Waals surface area contributed by atoms with Crippen LogP contribution in [0.4, 0.5) is 0 Å². The van der Waals surface area contributed by atoms with Crippen molar-refractivity contribution in [3.05, 3.63) is 53.6 Å². The van der Waals surface area contributed by atoms with E-state index >= 15 is 0 Å². The van der Waals surface area contributed by atoms with Gasteiger partial charge >= 0.3 is 0 Å². The van der Waals surface area contributed by atoms with Gasteiger partial charge in [-0.25, -0.2) is 0 Å². The number of hydrogen-bond donors (Lipinski definition) is 0. The lowest BCUT2D eigenvalue weighted by Gasteiger charge is -2.14. The zero-order valence-electron chi connectivity index (χ0n) is 12.6. The Morgan fingerprint density at radius 3 is 2.45 bits per heavy atom. The van der Waals surface area contributed by atoms with E-state index < -0.39 is 8.07 Å². The molecule has 1 aromatic rings. The predicted molar refractivity (Wildman–Crippen MR) is 94.0 cm³/mol. The van der Waals surface area contributed by atoms with Crippen LogP contribution in [0.15, 0.2) is 53.0 Å². The van der Waals surface area contributed by atoms with Crippen molar-refractivity contribution in [1.82, 2.24) is 0 Å². The minimum Gasteiger partial charge on any atom is -0.126 e. The second-order valence-electron chi connectivity index (χ2n) is 6.26. The maximum atomic E-state index is 3.23. The van der Waals surface area contributed by atoms with Crippen LogP contribution in [0.5, 0.6) is 0 Å². The lowest BCUT2D eigenvalue weighted by Crippen LogP contribution is -2.19. The van der Waals surface area contributed by atoms with E-state index in [0.29, 0.717) is 0 Å². The molecule has 2 heteroatoms. The van der Waals surface area contributed by atoms with E-state index in [9.17, 15) is 0 Å². The SMILES string of the molecule is C[Si](C)(C)CCSc1ccc(C#CC2=CC=CC2)cc1. The Morgan fingerprint density at radius 1 is 1.10 bits per heavy atom. The van der Waals surface area contributed by atoms with Crippen molar-refractivity contribution in [3.63, 3.8) is 0 Å². The zero-order valence-corrected chi connectivity index (χ0v) is 14.4. The maximum absolute atomic E-state index is 3.23. The van der Waals surface area contributed by atoms with Gasteiger partial charge in [0, 0.05) is 24.1 Å². The van der Waals surface area contributed by atoms with Gasteiger partial charge in [0.25, 0.3) is 0 Å². The molecule has 0 nitrogen and oxygen atoms in total. The van der Waals surface area contributed by atoms with Gasteiger partial charge < -0.3 is 0 Å². The van der Waals surface area contributed by atoms with Crippen LogP contribution in [0.3, 0.4) is 0 Å². The third-order valence-corrected chi connectivity index (χ3v) is 6.24. The van der Waals surface area contributed by atoms with E-state index in [0.717, 1.165) is 12.0 Å². The lowest BCUT2D eigenvalue weighted by atomic mass is 10.2. The molecule has 0 aliphatic heterocycles. The van der Waals surface area contributed by atoms with Crippen molar-refractivity contribution in [2.24, 2.45) is 0 Å². The van der Waals surface area contributed by atoms with E-state index in [1.807, 2.05) is 11.8 Å². The smallest absolute Gasteiger partial charge is 0.0450 e. The van der Waals surface area contributed by atoms with E-state index in [1.165, 1.54) is 22.3 Å². The molecule has 0 unspecified atom stereocenters. The molecule has 0 spiro atoms. The van der Waals surface area contributed by atoms with Gasteiger partial charge in [0.05, 0.1) is 0 Å². The first-order chi connectivity index (χ1) is 9.53. The number of hydrogen-bond acceptors (Lipinski definition) is 1. The molecule has 104 valence electrons. The van der Waals surface area contributed by atoms with Crippen molar-refractivity contribution in [2.45, 2.75) is 37.0 Å². The van der Waals surface area contributed by atoms with Crippen molar-refractivity contribution in [3.8, 4) is 11.8 Å². The van der Waals surface area contributed by atoms with Crippen LogP contribution in [-0.4, -0.2) is 13.8 Å². The molecular weight excluding hydrogens is 276 g/mol. The van der Waals surface area contributed by atoms with Crippen LogP contribution in [0.25, 0.3) is 0 Å². The summed E-state index contributed by atoms with van der Waals surface area (Å²) in [6, 6.07) is 10.0. The highest BCUT2D eigenvalue weighted by Crippen LogP contribution is 2.22. The third-order valence-electron chi connectivity index (χ3n) is 3.11. The molecule has 0 aromatic heterocycles. The fourth-order valence-electron chi connectivity index (χ4n) is 1.80. The first kappa shape index (κ1) is 15.2. The second-order valence-corrected chi connectivity index (χ2v) is 13.0. The van der Waals surface area contributed by atoms with E-state index in [2.05, 4.69) is 74.0 Å². The Bertz CT molecular complexity index is 562. The van der Waals surface area contributed by atoms with E-state index in [-0.39, 0.29) is 0 Å². The summed E-state index contributed by atoms with van der Waals surface area (Å²) < 4.78 is 0. The minimum absolute atomic E-state index is 0.905. The van der Waals surface area contributed by atoms with Crippen LogP contribution in [0, 0.1) is 11.8 Å². The quantitative estimate of drug-likeness (QED) is 0.410. The third kappa shape index (κ3) is 5.44. The average molecular weight is 299 g/mol. The Kier molecular flexibility index (Phi) is 5.34. The second kappa shape index (κ2) is 7.01. The highest BCUT2D eigenvalue weighted by atomic mass is 32.2. The Balaban J connectivity index is 1.86. The molecule has 0 saturated carbocycles. The summed E-state index contributed by atoms with van der Waals surface area (Å²) in [5, 5.41) is 0. The van der Waals surface area contributed by atoms with Gasteiger partial charge in [0.2, 0.25) is 0 Å². The fourth-order valence-corrected chi connectivity index (χ4v) is 5.22. The molecule has 0 atom stereocenters. The van der Waals surface area contributed by atoms with Crippen molar-refractivity contribution < 1.29 is 0 Å². The molecule has 0 radical (unpaired) electrons. The minimum atomic E-state index is -0.905. The highest BCUT2D eigenvalue weighted by Gasteiger charge is 2.11. The average Bonchev–Trinajstić information content (AvgIpc) is 2.89. The molecule has 0 saturated heterocycles. The van der Waals surface area contributed by atoms with Crippen LogP contribution in [0.2, 0.25) is 25.7 Å². The molecule has 1 aromatic carbocycles. The van der Waals surface area contributed by atoms with Crippen LogP contribution >= 0.6 is 11.8 Å². The molecule has 0 fully saturated rings. The Hall–Kier alpha value is -1.17. The standard InChI is InChI=1S/C18H22SSi/c1-20(2,3)15-14-19-18-12-10-17(11-13-18)9-8-16-6-4-5-7-16/h4-6,10-13H,7,14-15H2,1-3H3. The molecule has 0 N–H and O–H groups in total. The number of benzene rings is 1. The van der Waals surface area contributed by atoms with Crippen LogP contribution in [-0.2, 0) is 0 Å². The molecule has 0 bridgehead atoms. The van der Waals surface area contributed by atoms with Gasteiger partial charge in [-0.2, -0.15) is 0 Å². The van der Waals surface area contributed by atoms with Gasteiger partial charge in [-0.15, -0.1) is 11.8 Å². The number of allylic oxidation sites excluding steroid dienone is 4. The van der Waals surface area contributed by atoms with Crippen molar-refractivity contribution in [1.29, 1.82) is 0 Å². The van der Waals surface area contributed by atoms with E-state index in [4.69, 9.17) is 0 Å². The van der Waals surface area contributed by atoms with Crippen LogP contribution in [0.1, 0.15) is 12.0 Å². The highest BCUT2D eigenvalue weighted by molar-refractivity contribution is 7.99. The van der Waals surface area contributed by atoms with Crippen molar-refractivity contribution >= 4 is 19.8 Å². The molecule has 20 heavy (non-hydrogen) atoms. The summed E-state index contributed by atoms with van der Waals surface area (Å²) in [7, 11) is -0.905. The van der Waals surface area contributed by atoms with E-state index in [1.54, 1.807) is 0 Å². The summed E-state index contributed by atoms with van der Waals surface area (Å²) in [5.41, 5.74) is 2.31. The summed E-state index contributed by atoms with van der Waals surface area (Å²) in [6.07, 6.45) is 7.29. The normalized spacial score (nSPS) is 13.8. The number of thioether (sulfide) groups is 1. The summed E-state index contributed by atoms with van der Waals surface area (Å²) >= 11 is 1.96. The van der Waals surface area contributed by atoms with Crippen LogP contribution < -0.4 is 0 Å². The van der Waals surface area contributed by atoms with Gasteiger partial charge in [-0.3, -0.25) is 0 Å². The fraction of sp³-hybridized carbons (Fsp3) is 0.333. The zero-order chi connectivity index (χ0) is 14.4. The lowest BCUT2D eigenvalue weighted by molar-refractivity contribution is 1.35. The molecule has 2 rings (SSSR count). The molecule has 1 aliphatic rings. The molecule has 1 aliphatic carbocycles. The predicted octanol–water partition coefficient (Wildman–Crippen LogP) is 5.35. The van der Waals surface area contributed by atoms with Gasteiger partial charge in [-0.05, 0) is 42.5 Å². The Labute approximate surface area is 128 Å². The topological polar surface area (TPSA) is 0 Å². The van der Waals surface area contributed by atoms with Gasteiger partial charge in [0.15, 0.2) is 0 Å².